The zero-order valence-corrected chi connectivity index (χ0v) is 13.7. The molecule has 23 heavy (non-hydrogen) atoms. The molecule has 1 amide bonds. The Morgan fingerprint density at radius 2 is 1.26 bits per heavy atom. The van der Waals surface area contributed by atoms with Crippen molar-refractivity contribution in [1.29, 1.82) is 0 Å². The Kier molecular flexibility index (Phi) is 5.46. The molecule has 0 saturated carbocycles. The van der Waals surface area contributed by atoms with Crippen molar-refractivity contribution in [2.45, 2.75) is 32.1 Å². The minimum absolute atomic E-state index is 0.0397. The van der Waals surface area contributed by atoms with E-state index in [4.69, 9.17) is 0 Å². The Morgan fingerprint density at radius 3 is 1.74 bits per heavy atom. The molecule has 0 aliphatic carbocycles. The molecule has 2 aromatic carbocycles. The predicted octanol–water partition coefficient (Wildman–Crippen LogP) is 4.10. The summed E-state index contributed by atoms with van der Waals surface area (Å²) in [6.45, 7) is 1.86. The van der Waals surface area contributed by atoms with Gasteiger partial charge in [-0.05, 0) is 43.2 Å². The molecule has 1 fully saturated rings. The van der Waals surface area contributed by atoms with Gasteiger partial charge in [0, 0.05) is 19.0 Å². The predicted molar refractivity (Wildman–Crippen MR) is 94.2 cm³/mol. The molecule has 0 aromatic heterocycles. The number of hydrogen-bond donors (Lipinski definition) is 0. The second-order valence-corrected chi connectivity index (χ2v) is 6.46. The van der Waals surface area contributed by atoms with Gasteiger partial charge < -0.3 is 4.90 Å². The van der Waals surface area contributed by atoms with Gasteiger partial charge in [-0.3, -0.25) is 4.79 Å². The van der Waals surface area contributed by atoms with Gasteiger partial charge >= 0.3 is 0 Å². The Morgan fingerprint density at radius 1 is 0.783 bits per heavy atom. The summed E-state index contributed by atoms with van der Waals surface area (Å²) in [6.07, 6.45) is 5.20. The van der Waals surface area contributed by atoms with E-state index in [2.05, 4.69) is 53.4 Å². The summed E-state index contributed by atoms with van der Waals surface area (Å²) in [6, 6.07) is 20.8. The van der Waals surface area contributed by atoms with Crippen LogP contribution in [0.25, 0.3) is 0 Å². The highest BCUT2D eigenvalue weighted by Gasteiger charge is 2.25. The van der Waals surface area contributed by atoms with Gasteiger partial charge in [0.05, 0.1) is 0 Å². The van der Waals surface area contributed by atoms with Crippen LogP contribution in [0.3, 0.4) is 0 Å². The molecule has 0 radical (unpaired) electrons. The molecule has 1 heterocycles. The number of rotatable bonds is 5. The first-order valence-corrected chi connectivity index (χ1v) is 8.69. The fourth-order valence-electron chi connectivity index (χ4n) is 3.42. The third kappa shape index (κ3) is 4.44. The van der Waals surface area contributed by atoms with Crippen molar-refractivity contribution in [3.63, 3.8) is 0 Å². The molecule has 2 nitrogen and oxygen atoms in total. The highest BCUT2D eigenvalue weighted by Crippen LogP contribution is 2.20. The Labute approximate surface area is 139 Å². The van der Waals surface area contributed by atoms with Crippen molar-refractivity contribution in [2.75, 3.05) is 13.1 Å². The van der Waals surface area contributed by atoms with Crippen LogP contribution in [0.15, 0.2) is 60.7 Å². The van der Waals surface area contributed by atoms with Crippen molar-refractivity contribution in [3.05, 3.63) is 71.8 Å². The SMILES string of the molecule is O=C(C(Cc1ccccc1)Cc1ccccc1)N1CCCCC1. The topological polar surface area (TPSA) is 20.3 Å². The van der Waals surface area contributed by atoms with Crippen LogP contribution in [0.2, 0.25) is 0 Å². The smallest absolute Gasteiger partial charge is 0.226 e. The zero-order chi connectivity index (χ0) is 15.9. The van der Waals surface area contributed by atoms with Gasteiger partial charge in [-0.1, -0.05) is 60.7 Å². The van der Waals surface area contributed by atoms with Crippen molar-refractivity contribution in [1.82, 2.24) is 4.90 Å². The number of piperidine rings is 1. The van der Waals surface area contributed by atoms with Crippen LogP contribution in [0.5, 0.6) is 0 Å². The molecule has 1 saturated heterocycles. The summed E-state index contributed by atoms with van der Waals surface area (Å²) in [5.74, 6) is 0.371. The Bertz CT molecular complexity index is 561. The van der Waals surface area contributed by atoms with Crippen molar-refractivity contribution < 1.29 is 4.79 Å². The summed E-state index contributed by atoms with van der Waals surface area (Å²) in [4.78, 5) is 15.1. The summed E-state index contributed by atoms with van der Waals surface area (Å²) in [7, 11) is 0. The fourth-order valence-corrected chi connectivity index (χ4v) is 3.42. The molecule has 0 unspecified atom stereocenters. The Hall–Kier alpha value is -2.09. The van der Waals surface area contributed by atoms with Crippen molar-refractivity contribution in [2.24, 2.45) is 5.92 Å². The Balaban J connectivity index is 1.76. The van der Waals surface area contributed by atoms with Crippen LogP contribution < -0.4 is 0 Å². The second kappa shape index (κ2) is 7.96. The molecule has 0 bridgehead atoms. The maximum absolute atomic E-state index is 13.0. The quantitative estimate of drug-likeness (QED) is 0.814. The fraction of sp³-hybridized carbons (Fsp3) is 0.381. The average molecular weight is 307 g/mol. The van der Waals surface area contributed by atoms with E-state index in [1.807, 2.05) is 12.1 Å². The van der Waals surface area contributed by atoms with Crippen LogP contribution in [0, 0.1) is 5.92 Å². The van der Waals surface area contributed by atoms with E-state index in [-0.39, 0.29) is 5.92 Å². The summed E-state index contributed by atoms with van der Waals surface area (Å²) >= 11 is 0. The van der Waals surface area contributed by atoms with Gasteiger partial charge in [0.1, 0.15) is 0 Å². The van der Waals surface area contributed by atoms with Crippen LogP contribution in [-0.2, 0) is 17.6 Å². The minimum Gasteiger partial charge on any atom is -0.342 e. The molecule has 120 valence electrons. The second-order valence-electron chi connectivity index (χ2n) is 6.46. The van der Waals surface area contributed by atoms with Gasteiger partial charge in [0.25, 0.3) is 0 Å². The highest BCUT2D eigenvalue weighted by molar-refractivity contribution is 5.79. The van der Waals surface area contributed by atoms with Gasteiger partial charge in [0.2, 0.25) is 5.91 Å². The van der Waals surface area contributed by atoms with Crippen LogP contribution in [0.1, 0.15) is 30.4 Å². The third-order valence-corrected chi connectivity index (χ3v) is 4.67. The minimum atomic E-state index is 0.0397. The zero-order valence-electron chi connectivity index (χ0n) is 13.7. The monoisotopic (exact) mass is 307 g/mol. The van der Waals surface area contributed by atoms with Gasteiger partial charge in [-0.25, -0.2) is 0 Å². The van der Waals surface area contributed by atoms with E-state index >= 15 is 0 Å². The largest absolute Gasteiger partial charge is 0.342 e. The van der Waals surface area contributed by atoms with Gasteiger partial charge in [-0.2, -0.15) is 0 Å². The summed E-state index contributed by atoms with van der Waals surface area (Å²) in [5.41, 5.74) is 2.50. The van der Waals surface area contributed by atoms with E-state index in [9.17, 15) is 4.79 Å². The number of carbonyl (C=O) groups excluding carboxylic acids is 1. The van der Waals surface area contributed by atoms with Crippen molar-refractivity contribution in [3.8, 4) is 0 Å². The maximum Gasteiger partial charge on any atom is 0.226 e. The number of nitrogens with zero attached hydrogens (tertiary/aromatic N) is 1. The van der Waals surface area contributed by atoms with E-state index in [0.717, 1.165) is 38.8 Å². The van der Waals surface area contributed by atoms with Crippen LogP contribution >= 0.6 is 0 Å². The molecular formula is C21H25NO. The number of likely N-dealkylation sites (tertiary alicyclic amines) is 1. The third-order valence-electron chi connectivity index (χ3n) is 4.67. The number of carbonyl (C=O) groups is 1. The lowest BCUT2D eigenvalue weighted by Crippen LogP contribution is -2.41. The van der Waals surface area contributed by atoms with E-state index < -0.39 is 0 Å². The molecule has 0 spiro atoms. The lowest BCUT2D eigenvalue weighted by molar-refractivity contribution is -0.136. The molecular weight excluding hydrogens is 282 g/mol. The molecule has 0 atom stereocenters. The molecule has 3 rings (SSSR count). The summed E-state index contributed by atoms with van der Waals surface area (Å²) < 4.78 is 0. The first-order chi connectivity index (χ1) is 11.3. The number of hydrogen-bond acceptors (Lipinski definition) is 1. The normalized spacial score (nSPS) is 14.9. The highest BCUT2D eigenvalue weighted by atomic mass is 16.2. The van der Waals surface area contributed by atoms with E-state index in [1.54, 1.807) is 0 Å². The van der Waals surface area contributed by atoms with Crippen LogP contribution in [0.4, 0.5) is 0 Å². The lowest BCUT2D eigenvalue weighted by atomic mass is 9.90. The molecule has 2 aromatic rings. The first-order valence-electron chi connectivity index (χ1n) is 8.69. The summed E-state index contributed by atoms with van der Waals surface area (Å²) in [5, 5.41) is 0. The van der Waals surface area contributed by atoms with Gasteiger partial charge in [-0.15, -0.1) is 0 Å². The molecule has 2 heteroatoms. The maximum atomic E-state index is 13.0. The van der Waals surface area contributed by atoms with Crippen LogP contribution in [-0.4, -0.2) is 23.9 Å². The molecule has 1 aliphatic rings. The van der Waals surface area contributed by atoms with E-state index in [1.165, 1.54) is 17.5 Å². The van der Waals surface area contributed by atoms with Gasteiger partial charge in [0.15, 0.2) is 0 Å². The number of benzene rings is 2. The molecule has 0 N–H and O–H groups in total. The standard InChI is InChI=1S/C21H25NO/c23-21(22-14-8-3-9-15-22)20(16-18-10-4-1-5-11-18)17-19-12-6-2-7-13-19/h1-2,4-7,10-13,20H,3,8-9,14-17H2. The first kappa shape index (κ1) is 15.8. The van der Waals surface area contributed by atoms with Crippen molar-refractivity contribution >= 4 is 5.91 Å². The lowest BCUT2D eigenvalue weighted by Gasteiger charge is -2.30. The van der Waals surface area contributed by atoms with E-state index in [0.29, 0.717) is 5.91 Å². The number of amides is 1. The average Bonchev–Trinajstić information content (AvgIpc) is 2.63. The molecule has 1 aliphatic heterocycles.